The zero-order valence-corrected chi connectivity index (χ0v) is 15.9. The van der Waals surface area contributed by atoms with Crippen molar-refractivity contribution in [3.63, 3.8) is 0 Å². The number of benzene rings is 1. The Morgan fingerprint density at radius 1 is 1.30 bits per heavy atom. The third kappa shape index (κ3) is 5.13. The molecule has 0 saturated carbocycles. The van der Waals surface area contributed by atoms with Crippen LogP contribution in [0.5, 0.6) is 0 Å². The molecule has 1 aliphatic heterocycles. The van der Waals surface area contributed by atoms with Gasteiger partial charge in [-0.3, -0.25) is 9.78 Å². The molecule has 2 aromatic rings. The van der Waals surface area contributed by atoms with E-state index in [1.807, 2.05) is 24.1 Å². The number of hydrogen-bond acceptors (Lipinski definition) is 4. The first-order valence-corrected chi connectivity index (χ1v) is 10.2. The Hall–Kier alpha value is -2.74. The monoisotopic (exact) mass is 386 g/mol. The van der Waals surface area contributed by atoms with Crippen LogP contribution in [-0.2, 0) is 21.2 Å². The van der Waals surface area contributed by atoms with Crippen LogP contribution in [0, 0.1) is 0 Å². The average Bonchev–Trinajstić information content (AvgIpc) is 3.05. The molecule has 0 atom stereocenters. The Morgan fingerprint density at radius 3 is 2.85 bits per heavy atom. The first kappa shape index (κ1) is 19.0. The van der Waals surface area contributed by atoms with Gasteiger partial charge in [-0.2, -0.15) is 8.42 Å². The second kappa shape index (κ2) is 8.30. The van der Waals surface area contributed by atoms with E-state index in [0.717, 1.165) is 18.5 Å². The number of amidine groups is 1. The Balaban J connectivity index is 1.67. The van der Waals surface area contributed by atoms with E-state index in [2.05, 4.69) is 14.7 Å². The summed E-state index contributed by atoms with van der Waals surface area (Å²) in [4.78, 5) is 18.1. The number of amides is 1. The van der Waals surface area contributed by atoms with Crippen molar-refractivity contribution in [1.82, 2.24) is 9.88 Å². The van der Waals surface area contributed by atoms with Crippen molar-refractivity contribution in [2.24, 2.45) is 4.40 Å². The highest BCUT2D eigenvalue weighted by atomic mass is 32.2. The number of hydrogen-bond donors (Lipinski definition) is 1. The second-order valence-electron chi connectivity index (χ2n) is 6.44. The molecule has 8 heteroatoms. The van der Waals surface area contributed by atoms with Gasteiger partial charge in [0.1, 0.15) is 5.84 Å². The van der Waals surface area contributed by atoms with Crippen molar-refractivity contribution in [2.75, 3.05) is 18.9 Å². The van der Waals surface area contributed by atoms with Crippen molar-refractivity contribution in [3.05, 3.63) is 54.4 Å². The van der Waals surface area contributed by atoms with Gasteiger partial charge in [0.25, 0.3) is 10.0 Å². The molecule has 1 aliphatic rings. The highest BCUT2D eigenvalue weighted by Gasteiger charge is 2.20. The van der Waals surface area contributed by atoms with Gasteiger partial charge in [0.15, 0.2) is 0 Å². The molecule has 0 spiro atoms. The van der Waals surface area contributed by atoms with Crippen molar-refractivity contribution < 1.29 is 13.2 Å². The fraction of sp³-hybridized carbons (Fsp3) is 0.316. The fourth-order valence-electron chi connectivity index (χ4n) is 2.86. The molecule has 0 aliphatic carbocycles. The van der Waals surface area contributed by atoms with Crippen LogP contribution in [0.25, 0.3) is 0 Å². The van der Waals surface area contributed by atoms with Crippen molar-refractivity contribution in [2.45, 2.75) is 30.6 Å². The maximum Gasteiger partial charge on any atom is 0.284 e. The predicted octanol–water partition coefficient (Wildman–Crippen LogP) is 2.47. The summed E-state index contributed by atoms with van der Waals surface area (Å²) < 4.78 is 29.0. The molecule has 1 N–H and O–H groups in total. The van der Waals surface area contributed by atoms with Crippen LogP contribution in [0.1, 0.15) is 24.8 Å². The van der Waals surface area contributed by atoms with Crippen LogP contribution in [0.4, 0.5) is 5.69 Å². The number of nitrogens with zero attached hydrogens (tertiary/aromatic N) is 3. The van der Waals surface area contributed by atoms with E-state index in [0.29, 0.717) is 24.4 Å². The molecule has 0 bridgehead atoms. The number of rotatable bonds is 6. The zero-order valence-electron chi connectivity index (χ0n) is 15.1. The molecule has 2 heterocycles. The lowest BCUT2D eigenvalue weighted by atomic mass is 10.1. The minimum atomic E-state index is -3.80. The molecule has 1 aromatic carbocycles. The molecule has 1 saturated heterocycles. The number of anilines is 1. The van der Waals surface area contributed by atoms with E-state index < -0.39 is 10.0 Å². The number of pyridine rings is 1. The van der Waals surface area contributed by atoms with Crippen molar-refractivity contribution in [3.8, 4) is 0 Å². The van der Waals surface area contributed by atoms with E-state index in [9.17, 15) is 13.2 Å². The third-order valence-electron chi connectivity index (χ3n) is 4.34. The van der Waals surface area contributed by atoms with Crippen LogP contribution in [0.15, 0.2) is 58.1 Å². The molecule has 0 radical (unpaired) electrons. The minimum absolute atomic E-state index is 0.0698. The van der Waals surface area contributed by atoms with Crippen LogP contribution >= 0.6 is 0 Å². The van der Waals surface area contributed by atoms with Crippen LogP contribution < -0.4 is 5.32 Å². The van der Waals surface area contributed by atoms with Crippen LogP contribution in [-0.4, -0.2) is 43.6 Å². The maximum absolute atomic E-state index is 12.5. The quantitative estimate of drug-likeness (QED) is 0.823. The van der Waals surface area contributed by atoms with Crippen molar-refractivity contribution >= 4 is 27.5 Å². The van der Waals surface area contributed by atoms with Gasteiger partial charge in [-0.15, -0.1) is 4.40 Å². The lowest BCUT2D eigenvalue weighted by Gasteiger charge is -2.11. The van der Waals surface area contributed by atoms with Crippen molar-refractivity contribution in [1.29, 1.82) is 0 Å². The summed E-state index contributed by atoms with van der Waals surface area (Å²) in [5.74, 6) is 0.385. The summed E-state index contributed by atoms with van der Waals surface area (Å²) in [5.41, 5.74) is 1.41. The molecule has 1 fully saturated rings. The number of aryl methyl sites for hydroxylation is 1. The number of sulfonamides is 1. The summed E-state index contributed by atoms with van der Waals surface area (Å²) >= 11 is 0. The van der Waals surface area contributed by atoms with Gasteiger partial charge in [-0.1, -0.05) is 12.1 Å². The highest BCUT2D eigenvalue weighted by molar-refractivity contribution is 7.90. The molecular weight excluding hydrogens is 364 g/mol. The molecule has 7 nitrogen and oxygen atoms in total. The van der Waals surface area contributed by atoms with Gasteiger partial charge < -0.3 is 10.2 Å². The number of likely N-dealkylation sites (tertiary alicyclic amines) is 1. The van der Waals surface area contributed by atoms with Gasteiger partial charge in [-0.05, 0) is 42.7 Å². The molecular formula is C19H22N4O3S. The molecule has 27 heavy (non-hydrogen) atoms. The topological polar surface area (TPSA) is 91.7 Å². The highest BCUT2D eigenvalue weighted by Crippen LogP contribution is 2.20. The number of carbonyl (C=O) groups excluding carboxylic acids is 1. The van der Waals surface area contributed by atoms with E-state index in [1.165, 1.54) is 12.1 Å². The first-order chi connectivity index (χ1) is 12.9. The normalized spacial score (nSPS) is 15.9. The number of nitrogens with one attached hydrogen (secondary N) is 1. The summed E-state index contributed by atoms with van der Waals surface area (Å²) in [6.07, 6.45) is 5.81. The molecule has 3 rings (SSSR count). The molecule has 142 valence electrons. The second-order valence-corrected chi connectivity index (χ2v) is 8.05. The van der Waals surface area contributed by atoms with Gasteiger partial charge in [0.2, 0.25) is 5.91 Å². The molecule has 1 amide bonds. The van der Waals surface area contributed by atoms with Gasteiger partial charge in [0, 0.05) is 44.5 Å². The van der Waals surface area contributed by atoms with E-state index >= 15 is 0 Å². The number of aromatic nitrogens is 1. The maximum atomic E-state index is 12.5. The lowest BCUT2D eigenvalue weighted by Crippen LogP contribution is -2.20. The Bertz CT molecular complexity index is 942. The van der Waals surface area contributed by atoms with E-state index in [-0.39, 0.29) is 17.2 Å². The first-order valence-electron chi connectivity index (χ1n) is 8.78. The SMILES string of the molecule is CN1CCCC1=NS(=O)(=O)c1cccc(NC(=O)CCc2cccnc2)c1. The summed E-state index contributed by atoms with van der Waals surface area (Å²) in [6.45, 7) is 0.807. The van der Waals surface area contributed by atoms with E-state index in [4.69, 9.17) is 0 Å². The minimum Gasteiger partial charge on any atom is -0.362 e. The average molecular weight is 386 g/mol. The summed E-state index contributed by atoms with van der Waals surface area (Å²) in [7, 11) is -1.97. The standard InChI is InChI=1S/C19H22N4O3S/c1-23-12-4-8-18(23)22-27(25,26)17-7-2-6-16(13-17)21-19(24)10-9-15-5-3-11-20-14-15/h2-3,5-7,11,13-14H,4,8-10,12H2,1H3,(H,21,24). The Kier molecular flexibility index (Phi) is 5.85. The predicted molar refractivity (Wildman–Crippen MR) is 104 cm³/mol. The summed E-state index contributed by atoms with van der Waals surface area (Å²) in [6, 6.07) is 9.92. The fourth-order valence-corrected chi connectivity index (χ4v) is 4.00. The van der Waals surface area contributed by atoms with Crippen LogP contribution in [0.2, 0.25) is 0 Å². The largest absolute Gasteiger partial charge is 0.362 e. The lowest BCUT2D eigenvalue weighted by molar-refractivity contribution is -0.116. The van der Waals surface area contributed by atoms with Gasteiger partial charge in [-0.25, -0.2) is 0 Å². The Morgan fingerprint density at radius 2 is 2.15 bits per heavy atom. The van der Waals surface area contributed by atoms with Crippen LogP contribution in [0.3, 0.4) is 0 Å². The molecule has 1 aromatic heterocycles. The van der Waals surface area contributed by atoms with Gasteiger partial charge >= 0.3 is 0 Å². The third-order valence-corrected chi connectivity index (χ3v) is 5.64. The number of carbonyl (C=O) groups is 1. The van der Waals surface area contributed by atoms with E-state index in [1.54, 1.807) is 24.5 Å². The van der Waals surface area contributed by atoms with Gasteiger partial charge in [0.05, 0.1) is 4.90 Å². The smallest absolute Gasteiger partial charge is 0.284 e. The Labute approximate surface area is 159 Å². The zero-order chi connectivity index (χ0) is 19.3. The summed E-state index contributed by atoms with van der Waals surface area (Å²) in [5, 5.41) is 2.74. The molecule has 0 unspecified atom stereocenters.